The van der Waals surface area contributed by atoms with Crippen LogP contribution in [0.4, 0.5) is 10.8 Å². The van der Waals surface area contributed by atoms with Crippen molar-refractivity contribution in [3.63, 3.8) is 0 Å². The fourth-order valence-electron chi connectivity index (χ4n) is 3.25. The van der Waals surface area contributed by atoms with Gasteiger partial charge in [-0.15, -0.1) is 10.2 Å². The van der Waals surface area contributed by atoms with Crippen LogP contribution >= 0.6 is 22.9 Å². The molecule has 1 amide bonds. The minimum Gasteiger partial charge on any atom is -0.299 e. The summed E-state index contributed by atoms with van der Waals surface area (Å²) in [6, 6.07) is 20.8. The molecular weight excluding hydrogens is 492 g/mol. The molecule has 3 aromatic carbocycles. The molecule has 174 valence electrons. The second kappa shape index (κ2) is 9.92. The zero-order valence-electron chi connectivity index (χ0n) is 18.4. The molecule has 0 radical (unpaired) electrons. The molecule has 4 rings (SSSR count). The Morgan fingerprint density at radius 3 is 2.41 bits per heavy atom. The second-order valence-electron chi connectivity index (χ2n) is 7.58. The first-order chi connectivity index (χ1) is 16.2. The molecule has 0 unspecified atom stereocenters. The van der Waals surface area contributed by atoms with Crippen molar-refractivity contribution in [1.82, 2.24) is 10.2 Å². The number of hydrogen-bond donors (Lipinski definition) is 1. The van der Waals surface area contributed by atoms with Gasteiger partial charge in [-0.25, -0.2) is 8.42 Å². The third kappa shape index (κ3) is 5.27. The third-order valence-corrected chi connectivity index (χ3v) is 7.92. The summed E-state index contributed by atoms with van der Waals surface area (Å²) in [6.07, 6.45) is 0. The number of amides is 1. The largest absolute Gasteiger partial charge is 0.299 e. The standard InChI is InChI=1S/C24H21ClN4O3S2/c1-16-8-12-20(13-9-16)34(31,32)29(21-14-19(25)11-10-17(21)2)15-22(30)26-24-28-27-23(33-24)18-6-4-3-5-7-18/h3-14H,15H2,1-2H3,(H,26,28,30). The maximum atomic E-state index is 13.6. The van der Waals surface area contributed by atoms with Crippen molar-refractivity contribution in [2.45, 2.75) is 18.7 Å². The normalized spacial score (nSPS) is 11.3. The van der Waals surface area contributed by atoms with Crippen LogP contribution in [-0.4, -0.2) is 31.1 Å². The van der Waals surface area contributed by atoms with Crippen LogP contribution < -0.4 is 9.62 Å². The fourth-order valence-corrected chi connectivity index (χ4v) is 5.66. The molecule has 4 aromatic rings. The number of aryl methyl sites for hydroxylation is 2. The van der Waals surface area contributed by atoms with Gasteiger partial charge < -0.3 is 0 Å². The Morgan fingerprint density at radius 1 is 1.00 bits per heavy atom. The Bertz CT molecular complexity index is 1420. The second-order valence-corrected chi connectivity index (χ2v) is 10.9. The molecule has 0 spiro atoms. The predicted molar refractivity (Wildman–Crippen MR) is 136 cm³/mol. The number of halogens is 1. The highest BCUT2D eigenvalue weighted by molar-refractivity contribution is 7.92. The van der Waals surface area contributed by atoms with Crippen molar-refractivity contribution in [1.29, 1.82) is 0 Å². The van der Waals surface area contributed by atoms with E-state index in [9.17, 15) is 13.2 Å². The molecule has 10 heteroatoms. The number of nitrogens with zero attached hydrogens (tertiary/aromatic N) is 3. The molecule has 0 aliphatic carbocycles. The summed E-state index contributed by atoms with van der Waals surface area (Å²) in [6.45, 7) is 3.17. The number of hydrogen-bond acceptors (Lipinski definition) is 6. The summed E-state index contributed by atoms with van der Waals surface area (Å²) >= 11 is 7.37. The molecule has 7 nitrogen and oxygen atoms in total. The maximum Gasteiger partial charge on any atom is 0.264 e. The van der Waals surface area contributed by atoms with E-state index in [1.54, 1.807) is 31.2 Å². The van der Waals surface area contributed by atoms with Gasteiger partial charge >= 0.3 is 0 Å². The number of rotatable bonds is 7. The van der Waals surface area contributed by atoms with E-state index in [4.69, 9.17) is 11.6 Å². The van der Waals surface area contributed by atoms with Gasteiger partial charge in [0.15, 0.2) is 0 Å². The smallest absolute Gasteiger partial charge is 0.264 e. The highest BCUT2D eigenvalue weighted by atomic mass is 35.5. The third-order valence-electron chi connectivity index (χ3n) is 5.03. The van der Waals surface area contributed by atoms with E-state index in [1.807, 2.05) is 37.3 Å². The van der Waals surface area contributed by atoms with Crippen molar-refractivity contribution in [3.05, 3.63) is 88.9 Å². The molecule has 0 aliphatic heterocycles. The van der Waals surface area contributed by atoms with Gasteiger partial charge in [0, 0.05) is 10.6 Å². The quantitative estimate of drug-likeness (QED) is 0.362. The molecule has 0 fully saturated rings. The molecule has 1 aromatic heterocycles. The fraction of sp³-hybridized carbons (Fsp3) is 0.125. The Hall–Kier alpha value is -3.27. The highest BCUT2D eigenvalue weighted by Crippen LogP contribution is 2.30. The Kier molecular flexibility index (Phi) is 6.97. The lowest BCUT2D eigenvalue weighted by Crippen LogP contribution is -2.38. The van der Waals surface area contributed by atoms with Crippen molar-refractivity contribution >= 4 is 49.7 Å². The van der Waals surface area contributed by atoms with Crippen molar-refractivity contribution in [3.8, 4) is 10.6 Å². The number of anilines is 2. The molecular formula is C24H21ClN4O3S2. The molecule has 1 N–H and O–H groups in total. The van der Waals surface area contributed by atoms with E-state index >= 15 is 0 Å². The van der Waals surface area contributed by atoms with Crippen LogP contribution in [0.1, 0.15) is 11.1 Å². The van der Waals surface area contributed by atoms with Gasteiger partial charge in [-0.05, 0) is 43.7 Å². The molecule has 0 bridgehead atoms. The average Bonchev–Trinajstić information content (AvgIpc) is 3.28. The zero-order valence-corrected chi connectivity index (χ0v) is 20.8. The van der Waals surface area contributed by atoms with Crippen molar-refractivity contribution < 1.29 is 13.2 Å². The van der Waals surface area contributed by atoms with E-state index in [0.717, 1.165) is 15.4 Å². The van der Waals surface area contributed by atoms with Crippen LogP contribution in [-0.2, 0) is 14.8 Å². The number of carbonyl (C=O) groups is 1. The topological polar surface area (TPSA) is 92.3 Å². The highest BCUT2D eigenvalue weighted by Gasteiger charge is 2.29. The molecule has 0 atom stereocenters. The predicted octanol–water partition coefficient (Wildman–Crippen LogP) is 5.31. The van der Waals surface area contributed by atoms with E-state index in [0.29, 0.717) is 21.3 Å². The van der Waals surface area contributed by atoms with Gasteiger partial charge in [-0.1, -0.05) is 77.0 Å². The van der Waals surface area contributed by atoms with Crippen molar-refractivity contribution in [2.24, 2.45) is 0 Å². The summed E-state index contributed by atoms with van der Waals surface area (Å²) in [4.78, 5) is 13.0. The van der Waals surface area contributed by atoms with E-state index in [2.05, 4.69) is 15.5 Å². The minimum absolute atomic E-state index is 0.0764. The first-order valence-corrected chi connectivity index (χ1v) is 12.9. The maximum absolute atomic E-state index is 13.6. The molecule has 0 saturated heterocycles. The van der Waals surface area contributed by atoms with Crippen molar-refractivity contribution in [2.75, 3.05) is 16.2 Å². The lowest BCUT2D eigenvalue weighted by atomic mass is 10.2. The lowest BCUT2D eigenvalue weighted by Gasteiger charge is -2.25. The Morgan fingerprint density at radius 2 is 1.71 bits per heavy atom. The number of nitrogens with one attached hydrogen (secondary N) is 1. The van der Waals surface area contributed by atoms with Crippen LogP contribution in [0.15, 0.2) is 77.7 Å². The van der Waals surface area contributed by atoms with Gasteiger partial charge in [0.25, 0.3) is 10.0 Å². The van der Waals surface area contributed by atoms with Gasteiger partial charge in [-0.3, -0.25) is 14.4 Å². The number of aromatic nitrogens is 2. The van der Waals surface area contributed by atoms with Crippen LogP contribution in [0.5, 0.6) is 0 Å². The zero-order chi connectivity index (χ0) is 24.3. The lowest BCUT2D eigenvalue weighted by molar-refractivity contribution is -0.114. The summed E-state index contributed by atoms with van der Waals surface area (Å²) in [5.41, 5.74) is 2.78. The summed E-state index contributed by atoms with van der Waals surface area (Å²) in [5.74, 6) is -0.550. The first-order valence-electron chi connectivity index (χ1n) is 10.3. The van der Waals surface area contributed by atoms with E-state index < -0.39 is 22.5 Å². The van der Waals surface area contributed by atoms with Gasteiger partial charge in [-0.2, -0.15) is 0 Å². The van der Waals surface area contributed by atoms with Gasteiger partial charge in [0.2, 0.25) is 11.0 Å². The van der Waals surface area contributed by atoms with Gasteiger partial charge in [0.05, 0.1) is 10.6 Å². The first kappa shape index (κ1) is 23.9. The molecule has 0 saturated carbocycles. The van der Waals surface area contributed by atoms with Crippen LogP contribution in [0.25, 0.3) is 10.6 Å². The number of sulfonamides is 1. The van der Waals surface area contributed by atoms with Gasteiger partial charge in [0.1, 0.15) is 11.6 Å². The van der Waals surface area contributed by atoms with E-state index in [-0.39, 0.29) is 10.0 Å². The summed E-state index contributed by atoms with van der Waals surface area (Å²) < 4.78 is 28.2. The molecule has 0 aliphatic rings. The summed E-state index contributed by atoms with van der Waals surface area (Å²) in [5, 5.41) is 12.1. The van der Waals surface area contributed by atoms with Crippen LogP contribution in [0.3, 0.4) is 0 Å². The van der Waals surface area contributed by atoms with Crippen LogP contribution in [0.2, 0.25) is 5.02 Å². The summed E-state index contributed by atoms with van der Waals surface area (Å²) in [7, 11) is -4.05. The molecule has 34 heavy (non-hydrogen) atoms. The van der Waals surface area contributed by atoms with E-state index in [1.165, 1.54) is 29.5 Å². The number of carbonyl (C=O) groups excluding carboxylic acids is 1. The average molecular weight is 513 g/mol. The Balaban J connectivity index is 1.63. The SMILES string of the molecule is Cc1ccc(S(=O)(=O)N(CC(=O)Nc2nnc(-c3ccccc3)s2)c2cc(Cl)ccc2C)cc1. The Labute approximate surface area is 207 Å². The molecule has 1 heterocycles. The van der Waals surface area contributed by atoms with Crippen LogP contribution in [0, 0.1) is 13.8 Å². The number of benzene rings is 3. The monoisotopic (exact) mass is 512 g/mol. The minimum atomic E-state index is -4.05.